The van der Waals surface area contributed by atoms with Crippen molar-refractivity contribution in [1.82, 2.24) is 10.3 Å². The Morgan fingerprint density at radius 1 is 1.17 bits per heavy atom. The number of ether oxygens (including phenoxy) is 1. The molecule has 0 aliphatic heterocycles. The highest BCUT2D eigenvalue weighted by atomic mass is 35.5. The molecule has 0 unspecified atom stereocenters. The molecule has 1 aromatic carbocycles. The number of carbonyl (C=O) groups is 2. The van der Waals surface area contributed by atoms with E-state index in [1.165, 1.54) is 19.2 Å². The van der Waals surface area contributed by atoms with E-state index in [4.69, 9.17) is 27.9 Å². The minimum absolute atomic E-state index is 0.144. The fraction of sp³-hybridized carbons (Fsp3) is 0.235. The Kier molecular flexibility index (Phi) is 6.17. The molecule has 7 heteroatoms. The molecule has 24 heavy (non-hydrogen) atoms. The van der Waals surface area contributed by atoms with Crippen molar-refractivity contribution in [3.05, 3.63) is 63.9 Å². The topological polar surface area (TPSA) is 68.3 Å². The van der Waals surface area contributed by atoms with E-state index in [9.17, 15) is 9.59 Å². The molecule has 0 saturated carbocycles. The van der Waals surface area contributed by atoms with E-state index in [-0.39, 0.29) is 11.7 Å². The Balaban J connectivity index is 1.97. The van der Waals surface area contributed by atoms with E-state index in [1.54, 1.807) is 37.3 Å². The van der Waals surface area contributed by atoms with Crippen molar-refractivity contribution in [2.75, 3.05) is 0 Å². The third-order valence-corrected chi connectivity index (χ3v) is 3.88. The Labute approximate surface area is 149 Å². The number of nitrogens with one attached hydrogen (secondary N) is 1. The Morgan fingerprint density at radius 3 is 2.54 bits per heavy atom. The third-order valence-electron chi connectivity index (χ3n) is 3.31. The van der Waals surface area contributed by atoms with Gasteiger partial charge >= 0.3 is 5.97 Å². The van der Waals surface area contributed by atoms with Gasteiger partial charge in [-0.2, -0.15) is 0 Å². The quantitative estimate of drug-likeness (QED) is 0.816. The Hall–Kier alpha value is -2.11. The number of hydrogen-bond donors (Lipinski definition) is 1. The van der Waals surface area contributed by atoms with Gasteiger partial charge in [-0.25, -0.2) is 9.78 Å². The summed E-state index contributed by atoms with van der Waals surface area (Å²) in [6.45, 7) is 3.27. The van der Waals surface area contributed by atoms with E-state index in [0.717, 1.165) is 5.56 Å². The number of rotatable bonds is 5. The first kappa shape index (κ1) is 18.2. The molecule has 0 saturated heterocycles. The Morgan fingerprint density at radius 2 is 1.92 bits per heavy atom. The van der Waals surface area contributed by atoms with Crippen molar-refractivity contribution in [3.8, 4) is 0 Å². The third kappa shape index (κ3) is 4.69. The largest absolute Gasteiger partial charge is 0.448 e. The number of halogens is 2. The smallest absolute Gasteiger partial charge is 0.357 e. The first-order valence-corrected chi connectivity index (χ1v) is 8.01. The molecule has 5 nitrogen and oxygen atoms in total. The minimum atomic E-state index is -0.965. The molecule has 2 rings (SSSR count). The summed E-state index contributed by atoms with van der Waals surface area (Å²) in [5, 5.41) is 3.72. The van der Waals surface area contributed by atoms with Crippen LogP contribution in [0.2, 0.25) is 10.0 Å². The van der Waals surface area contributed by atoms with Crippen LogP contribution in [-0.2, 0) is 9.53 Å². The lowest BCUT2D eigenvalue weighted by atomic mass is 10.1. The van der Waals surface area contributed by atoms with Gasteiger partial charge in [-0.05, 0) is 43.7 Å². The molecular formula is C17H16Cl2N2O3. The molecule has 1 aromatic heterocycles. The predicted molar refractivity (Wildman–Crippen MR) is 92.1 cm³/mol. The van der Waals surface area contributed by atoms with Gasteiger partial charge in [0.1, 0.15) is 5.69 Å². The number of benzene rings is 1. The van der Waals surface area contributed by atoms with Crippen LogP contribution in [0.1, 0.15) is 35.9 Å². The van der Waals surface area contributed by atoms with Crippen molar-refractivity contribution in [1.29, 1.82) is 0 Å². The van der Waals surface area contributed by atoms with Crippen LogP contribution in [-0.4, -0.2) is 23.0 Å². The second-order valence-electron chi connectivity index (χ2n) is 5.16. The maximum Gasteiger partial charge on any atom is 0.357 e. The van der Waals surface area contributed by atoms with Crippen LogP contribution in [0.25, 0.3) is 0 Å². The molecule has 1 amide bonds. The number of aromatic nitrogens is 1. The van der Waals surface area contributed by atoms with Crippen LogP contribution < -0.4 is 5.32 Å². The van der Waals surface area contributed by atoms with E-state index >= 15 is 0 Å². The molecule has 0 spiro atoms. The molecule has 2 aromatic rings. The van der Waals surface area contributed by atoms with Crippen molar-refractivity contribution < 1.29 is 14.3 Å². The maximum absolute atomic E-state index is 12.2. The zero-order chi connectivity index (χ0) is 17.7. The van der Waals surface area contributed by atoms with Crippen molar-refractivity contribution >= 4 is 35.1 Å². The molecule has 0 bridgehead atoms. The number of nitrogens with zero attached hydrogens (tertiary/aromatic N) is 1. The normalized spacial score (nSPS) is 13.0. The maximum atomic E-state index is 12.2. The Bertz CT molecular complexity index is 738. The fourth-order valence-corrected chi connectivity index (χ4v) is 2.59. The monoisotopic (exact) mass is 366 g/mol. The summed E-state index contributed by atoms with van der Waals surface area (Å²) in [5.41, 5.74) is 0.864. The van der Waals surface area contributed by atoms with E-state index in [2.05, 4.69) is 10.3 Å². The zero-order valence-electron chi connectivity index (χ0n) is 13.1. The zero-order valence-corrected chi connectivity index (χ0v) is 14.6. The van der Waals surface area contributed by atoms with Gasteiger partial charge in [-0.15, -0.1) is 0 Å². The van der Waals surface area contributed by atoms with E-state index in [1.807, 2.05) is 0 Å². The van der Waals surface area contributed by atoms with Gasteiger partial charge in [-0.1, -0.05) is 35.3 Å². The highest BCUT2D eigenvalue weighted by molar-refractivity contribution is 6.35. The van der Waals surface area contributed by atoms with Gasteiger partial charge in [0.05, 0.1) is 6.04 Å². The van der Waals surface area contributed by atoms with Crippen LogP contribution in [0.5, 0.6) is 0 Å². The van der Waals surface area contributed by atoms with Gasteiger partial charge in [0.15, 0.2) is 6.10 Å². The molecule has 0 radical (unpaired) electrons. The van der Waals surface area contributed by atoms with Gasteiger partial charge in [0, 0.05) is 16.2 Å². The lowest BCUT2D eigenvalue weighted by Gasteiger charge is -2.19. The van der Waals surface area contributed by atoms with Crippen LogP contribution in [0.3, 0.4) is 0 Å². The second kappa shape index (κ2) is 8.13. The van der Waals surface area contributed by atoms with Crippen LogP contribution in [0, 0.1) is 0 Å². The first-order chi connectivity index (χ1) is 11.4. The highest BCUT2D eigenvalue weighted by Crippen LogP contribution is 2.26. The van der Waals surface area contributed by atoms with Crippen LogP contribution >= 0.6 is 23.2 Å². The van der Waals surface area contributed by atoms with Gasteiger partial charge in [-0.3, -0.25) is 4.79 Å². The molecule has 0 aliphatic rings. The lowest BCUT2D eigenvalue weighted by molar-refractivity contribution is -0.129. The number of carbonyl (C=O) groups excluding carboxylic acids is 2. The average Bonchev–Trinajstić information content (AvgIpc) is 2.55. The standard InChI is InChI=1S/C17H16Cl2N2O3/c1-10(13-7-6-12(18)9-14(13)19)21-16(22)11(2)24-17(23)15-5-3-4-8-20-15/h3-11H,1-2H3,(H,21,22)/t10-,11-/m0/s1. The number of hydrogen-bond acceptors (Lipinski definition) is 4. The molecule has 1 heterocycles. The summed E-state index contributed by atoms with van der Waals surface area (Å²) in [4.78, 5) is 28.0. The molecule has 1 N–H and O–H groups in total. The predicted octanol–water partition coefficient (Wildman–Crippen LogP) is 3.81. The summed E-state index contributed by atoms with van der Waals surface area (Å²) < 4.78 is 5.12. The summed E-state index contributed by atoms with van der Waals surface area (Å²) in [5.74, 6) is -1.09. The minimum Gasteiger partial charge on any atom is -0.448 e. The summed E-state index contributed by atoms with van der Waals surface area (Å²) in [6.07, 6.45) is 0.513. The molecule has 0 fully saturated rings. The first-order valence-electron chi connectivity index (χ1n) is 7.26. The van der Waals surface area contributed by atoms with Gasteiger partial charge in [0.2, 0.25) is 0 Å². The van der Waals surface area contributed by atoms with Crippen molar-refractivity contribution in [2.24, 2.45) is 0 Å². The lowest BCUT2D eigenvalue weighted by Crippen LogP contribution is -2.37. The highest BCUT2D eigenvalue weighted by Gasteiger charge is 2.22. The SMILES string of the molecule is C[C@H](OC(=O)c1ccccn1)C(=O)N[C@@H](C)c1ccc(Cl)cc1Cl. The van der Waals surface area contributed by atoms with Crippen molar-refractivity contribution in [2.45, 2.75) is 26.0 Å². The van der Waals surface area contributed by atoms with Crippen LogP contribution in [0.4, 0.5) is 0 Å². The average molecular weight is 367 g/mol. The van der Waals surface area contributed by atoms with Gasteiger partial charge in [0.25, 0.3) is 5.91 Å². The number of esters is 1. The molecule has 2 atom stereocenters. The second-order valence-corrected chi connectivity index (χ2v) is 6.00. The fourth-order valence-electron chi connectivity index (χ4n) is 2.02. The van der Waals surface area contributed by atoms with Gasteiger partial charge < -0.3 is 10.1 Å². The van der Waals surface area contributed by atoms with Crippen molar-refractivity contribution in [3.63, 3.8) is 0 Å². The number of amides is 1. The number of pyridine rings is 1. The molecule has 0 aliphatic carbocycles. The molecular weight excluding hydrogens is 351 g/mol. The summed E-state index contributed by atoms with van der Waals surface area (Å²) in [6, 6.07) is 9.53. The van der Waals surface area contributed by atoms with E-state index in [0.29, 0.717) is 10.0 Å². The summed E-state index contributed by atoms with van der Waals surface area (Å²) in [7, 11) is 0. The summed E-state index contributed by atoms with van der Waals surface area (Å²) >= 11 is 12.0. The molecule has 126 valence electrons. The van der Waals surface area contributed by atoms with E-state index < -0.39 is 18.0 Å². The van der Waals surface area contributed by atoms with Crippen LogP contribution in [0.15, 0.2) is 42.6 Å².